The van der Waals surface area contributed by atoms with Gasteiger partial charge in [-0.25, -0.2) is 0 Å². The molecule has 1 aliphatic rings. The lowest BCUT2D eigenvalue weighted by atomic mass is 9.97. The van der Waals surface area contributed by atoms with Gasteiger partial charge < -0.3 is 10.4 Å². The van der Waals surface area contributed by atoms with Crippen molar-refractivity contribution in [3.05, 3.63) is 27.8 Å². The predicted molar refractivity (Wildman–Crippen MR) is 84.0 cm³/mol. The molecule has 1 heterocycles. The maximum atomic E-state index is 12.0. The van der Waals surface area contributed by atoms with Gasteiger partial charge >= 0.3 is 0 Å². The number of aliphatic hydroxyl groups excluding tert-OH is 1. The van der Waals surface area contributed by atoms with Crippen LogP contribution in [0.2, 0.25) is 0 Å². The molecule has 1 amide bonds. The first-order chi connectivity index (χ1) is 9.04. The number of hydrogen-bond donors (Lipinski definition) is 2. The van der Waals surface area contributed by atoms with Crippen molar-refractivity contribution in [3.63, 3.8) is 0 Å². The predicted octanol–water partition coefficient (Wildman–Crippen LogP) is 1.93. The Morgan fingerprint density at radius 2 is 2.37 bits per heavy atom. The Balaban J connectivity index is 1.85. The van der Waals surface area contributed by atoms with Crippen molar-refractivity contribution in [3.8, 4) is 0 Å². The summed E-state index contributed by atoms with van der Waals surface area (Å²) in [7, 11) is 0. The summed E-state index contributed by atoms with van der Waals surface area (Å²) in [6, 6.07) is 7.75. The zero-order valence-electron chi connectivity index (χ0n) is 11.0. The Morgan fingerprint density at radius 3 is 3.05 bits per heavy atom. The van der Waals surface area contributed by atoms with Gasteiger partial charge in [-0.15, -0.1) is 0 Å². The largest absolute Gasteiger partial charge is 0.393 e. The molecule has 0 aliphatic carbocycles. The molecule has 0 aromatic heterocycles. The molecule has 0 spiro atoms. The summed E-state index contributed by atoms with van der Waals surface area (Å²) in [5.41, 5.74) is 0.835. The standard InChI is InChI=1S/C14H19IN2O2/c1-10-8-17(6-5-13(10)18)9-14(19)16-12-4-2-3-11(15)7-12/h2-4,7,10,13,18H,5-6,8-9H2,1H3,(H,16,19). The molecule has 0 radical (unpaired) electrons. The van der Waals surface area contributed by atoms with Gasteiger partial charge in [-0.3, -0.25) is 9.69 Å². The van der Waals surface area contributed by atoms with Gasteiger partial charge in [0.1, 0.15) is 0 Å². The summed E-state index contributed by atoms with van der Waals surface area (Å²) in [4.78, 5) is 14.1. The minimum Gasteiger partial charge on any atom is -0.393 e. The maximum absolute atomic E-state index is 12.0. The molecule has 19 heavy (non-hydrogen) atoms. The summed E-state index contributed by atoms with van der Waals surface area (Å²) >= 11 is 2.22. The summed E-state index contributed by atoms with van der Waals surface area (Å²) in [6.45, 7) is 3.98. The van der Waals surface area contributed by atoms with Crippen LogP contribution in [0.4, 0.5) is 5.69 Å². The first kappa shape index (κ1) is 14.7. The number of nitrogens with one attached hydrogen (secondary N) is 1. The van der Waals surface area contributed by atoms with Crippen LogP contribution in [0.3, 0.4) is 0 Å². The highest BCUT2D eigenvalue weighted by atomic mass is 127. The van der Waals surface area contributed by atoms with Gasteiger partial charge in [0.05, 0.1) is 12.6 Å². The monoisotopic (exact) mass is 374 g/mol. The Labute approximate surface area is 127 Å². The van der Waals surface area contributed by atoms with Crippen molar-refractivity contribution in [2.24, 2.45) is 5.92 Å². The van der Waals surface area contributed by atoms with Crippen LogP contribution in [0.1, 0.15) is 13.3 Å². The fourth-order valence-electron chi connectivity index (χ4n) is 2.33. The van der Waals surface area contributed by atoms with Gasteiger partial charge in [0.2, 0.25) is 5.91 Å². The number of piperidine rings is 1. The van der Waals surface area contributed by atoms with Gasteiger partial charge in [0.15, 0.2) is 0 Å². The van der Waals surface area contributed by atoms with E-state index in [1.54, 1.807) is 0 Å². The third kappa shape index (κ3) is 4.43. The second-order valence-electron chi connectivity index (χ2n) is 5.13. The molecule has 2 rings (SSSR count). The number of anilines is 1. The van der Waals surface area contributed by atoms with Crippen LogP contribution in [0.15, 0.2) is 24.3 Å². The van der Waals surface area contributed by atoms with Crippen LogP contribution in [0, 0.1) is 9.49 Å². The lowest BCUT2D eigenvalue weighted by Crippen LogP contribution is -2.45. The van der Waals surface area contributed by atoms with E-state index >= 15 is 0 Å². The summed E-state index contributed by atoms with van der Waals surface area (Å²) in [5, 5.41) is 12.6. The number of halogens is 1. The van der Waals surface area contributed by atoms with Crippen LogP contribution in [0.25, 0.3) is 0 Å². The van der Waals surface area contributed by atoms with E-state index in [-0.39, 0.29) is 17.9 Å². The highest BCUT2D eigenvalue weighted by molar-refractivity contribution is 14.1. The summed E-state index contributed by atoms with van der Waals surface area (Å²) in [5.74, 6) is 0.241. The van der Waals surface area contributed by atoms with Gasteiger partial charge in [-0.05, 0) is 53.1 Å². The normalized spacial score (nSPS) is 24.2. The van der Waals surface area contributed by atoms with E-state index in [0.29, 0.717) is 6.54 Å². The third-order valence-corrected chi connectivity index (χ3v) is 4.09. The number of rotatable bonds is 3. The second-order valence-corrected chi connectivity index (χ2v) is 6.37. The van der Waals surface area contributed by atoms with E-state index in [0.717, 1.165) is 28.8 Å². The zero-order chi connectivity index (χ0) is 13.8. The highest BCUT2D eigenvalue weighted by Crippen LogP contribution is 2.17. The minimum atomic E-state index is -0.227. The number of carbonyl (C=O) groups is 1. The van der Waals surface area contributed by atoms with Crippen LogP contribution >= 0.6 is 22.6 Å². The SMILES string of the molecule is CC1CN(CC(=O)Nc2cccc(I)c2)CCC1O. The fourth-order valence-corrected chi connectivity index (χ4v) is 2.88. The Morgan fingerprint density at radius 1 is 1.58 bits per heavy atom. The third-order valence-electron chi connectivity index (χ3n) is 3.42. The Bertz CT molecular complexity index is 453. The van der Waals surface area contributed by atoms with Crippen LogP contribution in [0.5, 0.6) is 0 Å². The van der Waals surface area contributed by atoms with E-state index < -0.39 is 0 Å². The Kier molecular flexibility index (Phi) is 5.18. The molecular formula is C14H19IN2O2. The van der Waals surface area contributed by atoms with Crippen molar-refractivity contribution >= 4 is 34.2 Å². The van der Waals surface area contributed by atoms with E-state index in [9.17, 15) is 9.90 Å². The zero-order valence-corrected chi connectivity index (χ0v) is 13.1. The second kappa shape index (κ2) is 6.67. The Hall–Kier alpha value is -0.660. The van der Waals surface area contributed by atoms with Crippen molar-refractivity contribution in [2.45, 2.75) is 19.4 Å². The van der Waals surface area contributed by atoms with Gasteiger partial charge in [-0.1, -0.05) is 13.0 Å². The van der Waals surface area contributed by atoms with Crippen LogP contribution < -0.4 is 5.32 Å². The van der Waals surface area contributed by atoms with Crippen LogP contribution in [-0.4, -0.2) is 41.7 Å². The van der Waals surface area contributed by atoms with Crippen LogP contribution in [-0.2, 0) is 4.79 Å². The summed E-state index contributed by atoms with van der Waals surface area (Å²) in [6.07, 6.45) is 0.521. The van der Waals surface area contributed by atoms with Crippen molar-refractivity contribution in [2.75, 3.05) is 25.0 Å². The molecule has 4 nitrogen and oxygen atoms in total. The van der Waals surface area contributed by atoms with Crippen molar-refractivity contribution < 1.29 is 9.90 Å². The number of benzene rings is 1. The van der Waals surface area contributed by atoms with Gasteiger partial charge in [-0.2, -0.15) is 0 Å². The number of likely N-dealkylation sites (tertiary alicyclic amines) is 1. The lowest BCUT2D eigenvalue weighted by Gasteiger charge is -2.33. The molecule has 1 saturated heterocycles. The number of hydrogen-bond acceptors (Lipinski definition) is 3. The molecule has 1 aliphatic heterocycles. The number of aliphatic hydroxyl groups is 1. The minimum absolute atomic E-state index is 0.00518. The molecular weight excluding hydrogens is 355 g/mol. The quantitative estimate of drug-likeness (QED) is 0.796. The van der Waals surface area contributed by atoms with E-state index in [2.05, 4.69) is 32.8 Å². The number of carbonyl (C=O) groups excluding carboxylic acids is 1. The topological polar surface area (TPSA) is 52.6 Å². The maximum Gasteiger partial charge on any atom is 0.238 e. The molecule has 1 fully saturated rings. The van der Waals surface area contributed by atoms with Gasteiger partial charge in [0, 0.05) is 22.3 Å². The molecule has 1 aromatic rings. The summed E-state index contributed by atoms with van der Waals surface area (Å²) < 4.78 is 1.10. The van der Waals surface area contributed by atoms with Gasteiger partial charge in [0.25, 0.3) is 0 Å². The molecule has 104 valence electrons. The van der Waals surface area contributed by atoms with E-state index in [4.69, 9.17) is 0 Å². The van der Waals surface area contributed by atoms with Crippen molar-refractivity contribution in [1.82, 2.24) is 4.90 Å². The number of nitrogens with zero attached hydrogens (tertiary/aromatic N) is 1. The molecule has 0 bridgehead atoms. The van der Waals surface area contributed by atoms with E-state index in [1.807, 2.05) is 31.2 Å². The molecule has 2 atom stereocenters. The van der Waals surface area contributed by atoms with Crippen molar-refractivity contribution in [1.29, 1.82) is 0 Å². The molecule has 2 N–H and O–H groups in total. The molecule has 2 unspecified atom stereocenters. The molecule has 5 heteroatoms. The lowest BCUT2D eigenvalue weighted by molar-refractivity contribution is -0.118. The fraction of sp³-hybridized carbons (Fsp3) is 0.500. The first-order valence-electron chi connectivity index (χ1n) is 6.50. The molecule has 0 saturated carbocycles. The average Bonchev–Trinajstić information content (AvgIpc) is 2.34. The first-order valence-corrected chi connectivity index (χ1v) is 7.58. The van der Waals surface area contributed by atoms with E-state index in [1.165, 1.54) is 0 Å². The smallest absolute Gasteiger partial charge is 0.238 e. The average molecular weight is 374 g/mol. The highest BCUT2D eigenvalue weighted by Gasteiger charge is 2.25. The number of amides is 1. The molecule has 1 aromatic carbocycles.